The van der Waals surface area contributed by atoms with Gasteiger partial charge < -0.3 is 10.2 Å². The van der Waals surface area contributed by atoms with Crippen molar-refractivity contribution < 1.29 is 4.79 Å². The minimum Gasteiger partial charge on any atom is -0.370 e. The van der Waals surface area contributed by atoms with Crippen LogP contribution in [0.1, 0.15) is 29.5 Å². The van der Waals surface area contributed by atoms with Crippen molar-refractivity contribution in [3.63, 3.8) is 0 Å². The van der Waals surface area contributed by atoms with Gasteiger partial charge in [0.15, 0.2) is 0 Å². The largest absolute Gasteiger partial charge is 0.370 e. The molecule has 5 heteroatoms. The van der Waals surface area contributed by atoms with E-state index in [1.165, 1.54) is 11.1 Å². The molecule has 5 nitrogen and oxygen atoms in total. The van der Waals surface area contributed by atoms with Gasteiger partial charge in [0.25, 0.3) is 0 Å². The second-order valence-electron chi connectivity index (χ2n) is 7.70. The van der Waals surface area contributed by atoms with Crippen LogP contribution in [0.4, 0.5) is 11.4 Å². The van der Waals surface area contributed by atoms with E-state index in [1.54, 1.807) is 6.20 Å². The van der Waals surface area contributed by atoms with Gasteiger partial charge in [0.1, 0.15) is 6.07 Å². The molecule has 4 rings (SSSR count). The second-order valence-corrected chi connectivity index (χ2v) is 7.70. The van der Waals surface area contributed by atoms with Crippen LogP contribution in [0.25, 0.3) is 10.9 Å². The summed E-state index contributed by atoms with van der Waals surface area (Å²) in [5.41, 5.74) is 5.65. The predicted molar refractivity (Wildman–Crippen MR) is 116 cm³/mol. The summed E-state index contributed by atoms with van der Waals surface area (Å²) in [6, 6.07) is 16.2. The van der Waals surface area contributed by atoms with Crippen LogP contribution in [0.15, 0.2) is 48.7 Å². The molecule has 29 heavy (non-hydrogen) atoms. The van der Waals surface area contributed by atoms with Crippen LogP contribution < -0.4 is 10.2 Å². The third kappa shape index (κ3) is 3.79. The Bertz CT molecular complexity index is 1110. The zero-order valence-electron chi connectivity index (χ0n) is 16.8. The number of para-hydroxylation sites is 1. The Morgan fingerprint density at radius 1 is 1.14 bits per heavy atom. The molecule has 0 saturated carbocycles. The monoisotopic (exact) mass is 384 g/mol. The average molecular weight is 384 g/mol. The fourth-order valence-electron chi connectivity index (χ4n) is 3.98. The average Bonchev–Trinajstić information content (AvgIpc) is 2.75. The number of amides is 1. The molecule has 2 aromatic carbocycles. The standard InChI is InChI=1S/C24H24N4O/c1-16-7-8-20(13-17(16)2)27-24(29)18-9-11-28(12-10-18)23-19(14-25)15-26-22-6-4-3-5-21(22)23/h3-8,13,15,18H,9-12H2,1-2H3,(H,27,29). The van der Waals surface area contributed by atoms with Crippen LogP contribution >= 0.6 is 0 Å². The molecular formula is C24H24N4O. The molecule has 146 valence electrons. The molecule has 1 amide bonds. The number of fused-ring (bicyclic) bond motifs is 1. The number of aryl methyl sites for hydroxylation is 2. The van der Waals surface area contributed by atoms with Crippen molar-refractivity contribution in [2.24, 2.45) is 5.92 Å². The number of nitrogens with zero attached hydrogens (tertiary/aromatic N) is 3. The Labute approximate surface area is 171 Å². The van der Waals surface area contributed by atoms with Gasteiger partial charge in [0.05, 0.1) is 16.8 Å². The van der Waals surface area contributed by atoms with Crippen LogP contribution in [0.2, 0.25) is 0 Å². The first-order valence-corrected chi connectivity index (χ1v) is 9.97. The van der Waals surface area contributed by atoms with Crippen LogP contribution in [-0.2, 0) is 4.79 Å². The van der Waals surface area contributed by atoms with E-state index in [0.29, 0.717) is 5.56 Å². The van der Waals surface area contributed by atoms with E-state index in [1.807, 2.05) is 42.5 Å². The number of rotatable bonds is 3. The van der Waals surface area contributed by atoms with Gasteiger partial charge in [-0.25, -0.2) is 0 Å². The fourth-order valence-corrected chi connectivity index (χ4v) is 3.98. The van der Waals surface area contributed by atoms with Crippen LogP contribution in [0.3, 0.4) is 0 Å². The lowest BCUT2D eigenvalue weighted by Gasteiger charge is -2.34. The predicted octanol–water partition coefficient (Wildman–Crippen LogP) is 4.58. The summed E-state index contributed by atoms with van der Waals surface area (Å²) in [7, 11) is 0. The molecule has 3 aromatic rings. The molecule has 0 bridgehead atoms. The number of anilines is 2. The third-order valence-electron chi connectivity index (χ3n) is 5.82. The number of hydrogen-bond donors (Lipinski definition) is 1. The van der Waals surface area contributed by atoms with Gasteiger partial charge in [0, 0.05) is 36.3 Å². The van der Waals surface area contributed by atoms with Crippen molar-refractivity contribution in [3.05, 3.63) is 65.4 Å². The first-order chi connectivity index (χ1) is 14.1. The van der Waals surface area contributed by atoms with Crippen molar-refractivity contribution in [1.29, 1.82) is 5.26 Å². The highest BCUT2D eigenvalue weighted by atomic mass is 16.1. The van der Waals surface area contributed by atoms with Crippen molar-refractivity contribution in [1.82, 2.24) is 4.98 Å². The smallest absolute Gasteiger partial charge is 0.227 e. The molecule has 1 N–H and O–H groups in total. The summed E-state index contributed by atoms with van der Waals surface area (Å²) >= 11 is 0. The van der Waals surface area contributed by atoms with Gasteiger partial charge in [-0.2, -0.15) is 5.26 Å². The normalized spacial score (nSPS) is 14.6. The number of carbonyl (C=O) groups is 1. The first-order valence-electron chi connectivity index (χ1n) is 9.97. The molecule has 1 saturated heterocycles. The zero-order valence-corrected chi connectivity index (χ0v) is 16.8. The highest BCUT2D eigenvalue weighted by molar-refractivity contribution is 5.95. The van der Waals surface area contributed by atoms with Gasteiger partial charge in [-0.05, 0) is 56.0 Å². The van der Waals surface area contributed by atoms with Crippen LogP contribution in [-0.4, -0.2) is 24.0 Å². The maximum atomic E-state index is 12.8. The lowest BCUT2D eigenvalue weighted by Crippen LogP contribution is -2.38. The van der Waals surface area contributed by atoms with E-state index in [-0.39, 0.29) is 11.8 Å². The number of aromatic nitrogens is 1. The van der Waals surface area contributed by atoms with E-state index in [0.717, 1.165) is 48.2 Å². The molecule has 1 aliphatic heterocycles. The number of benzene rings is 2. The summed E-state index contributed by atoms with van der Waals surface area (Å²) in [6.45, 7) is 5.60. The number of carbonyl (C=O) groups excluding carboxylic acids is 1. The molecule has 0 spiro atoms. The third-order valence-corrected chi connectivity index (χ3v) is 5.82. The Kier molecular flexibility index (Phi) is 5.18. The van der Waals surface area contributed by atoms with Gasteiger partial charge in [-0.1, -0.05) is 24.3 Å². The maximum absolute atomic E-state index is 12.8. The van der Waals surface area contributed by atoms with Crippen molar-refractivity contribution >= 4 is 28.2 Å². The van der Waals surface area contributed by atoms with Gasteiger partial charge in [0.2, 0.25) is 5.91 Å². The number of hydrogen-bond acceptors (Lipinski definition) is 4. The fraction of sp³-hybridized carbons (Fsp3) is 0.292. The molecule has 0 unspecified atom stereocenters. The molecule has 0 atom stereocenters. The molecule has 0 radical (unpaired) electrons. The summed E-state index contributed by atoms with van der Waals surface area (Å²) in [5, 5.41) is 13.6. The van der Waals surface area contributed by atoms with Crippen LogP contribution in [0.5, 0.6) is 0 Å². The van der Waals surface area contributed by atoms with Crippen molar-refractivity contribution in [2.45, 2.75) is 26.7 Å². The Hall–Kier alpha value is -3.39. The number of nitriles is 1. The quantitative estimate of drug-likeness (QED) is 0.718. The number of piperidine rings is 1. The summed E-state index contributed by atoms with van der Waals surface area (Å²) in [4.78, 5) is 19.4. The zero-order chi connectivity index (χ0) is 20.4. The SMILES string of the molecule is Cc1ccc(NC(=O)C2CCN(c3c(C#N)cnc4ccccc34)CC2)cc1C. The highest BCUT2D eigenvalue weighted by Gasteiger charge is 2.27. The minimum atomic E-state index is -0.0218. The molecule has 0 aliphatic carbocycles. The first kappa shape index (κ1) is 18.9. The van der Waals surface area contributed by atoms with Gasteiger partial charge in [-0.15, -0.1) is 0 Å². The topological polar surface area (TPSA) is 69.0 Å². The molecular weight excluding hydrogens is 360 g/mol. The second kappa shape index (κ2) is 7.92. The van der Waals surface area contributed by atoms with E-state index in [2.05, 4.69) is 35.1 Å². The Balaban J connectivity index is 1.48. The summed E-state index contributed by atoms with van der Waals surface area (Å²) in [6.07, 6.45) is 3.17. The van der Waals surface area contributed by atoms with Crippen molar-refractivity contribution in [3.8, 4) is 6.07 Å². The molecule has 1 aliphatic rings. The number of nitrogens with one attached hydrogen (secondary N) is 1. The van der Waals surface area contributed by atoms with Gasteiger partial charge in [-0.3, -0.25) is 9.78 Å². The maximum Gasteiger partial charge on any atom is 0.227 e. The minimum absolute atomic E-state index is 0.0218. The van der Waals surface area contributed by atoms with E-state index < -0.39 is 0 Å². The van der Waals surface area contributed by atoms with E-state index >= 15 is 0 Å². The summed E-state index contributed by atoms with van der Waals surface area (Å²) < 4.78 is 0. The molecule has 1 fully saturated rings. The summed E-state index contributed by atoms with van der Waals surface area (Å²) in [5.74, 6) is 0.0551. The van der Waals surface area contributed by atoms with Crippen molar-refractivity contribution in [2.75, 3.05) is 23.3 Å². The Morgan fingerprint density at radius 2 is 1.90 bits per heavy atom. The molecule has 2 heterocycles. The number of pyridine rings is 1. The Morgan fingerprint density at radius 3 is 2.62 bits per heavy atom. The van der Waals surface area contributed by atoms with E-state index in [4.69, 9.17) is 0 Å². The lowest BCUT2D eigenvalue weighted by molar-refractivity contribution is -0.120. The highest BCUT2D eigenvalue weighted by Crippen LogP contribution is 2.32. The van der Waals surface area contributed by atoms with Gasteiger partial charge >= 0.3 is 0 Å². The van der Waals surface area contributed by atoms with E-state index in [9.17, 15) is 10.1 Å². The van der Waals surface area contributed by atoms with Crippen LogP contribution in [0, 0.1) is 31.1 Å². The lowest BCUT2D eigenvalue weighted by atomic mass is 9.94. The molecule has 1 aromatic heterocycles.